The van der Waals surface area contributed by atoms with Gasteiger partial charge in [-0.15, -0.1) is 0 Å². The molecule has 2 unspecified atom stereocenters. The zero-order chi connectivity index (χ0) is 66.3. The molecule has 0 amide bonds. The number of aliphatic hydroxyl groups excluding tert-OH is 1. The number of phosphoric ester groups is 2. The summed E-state index contributed by atoms with van der Waals surface area (Å²) in [5.41, 5.74) is 0. The van der Waals surface area contributed by atoms with E-state index in [2.05, 4.69) is 34.6 Å². The van der Waals surface area contributed by atoms with Gasteiger partial charge in [-0.3, -0.25) is 37.3 Å². The first kappa shape index (κ1) is 88.1. The molecule has 0 saturated heterocycles. The molecule has 0 aliphatic heterocycles. The third-order valence-electron chi connectivity index (χ3n) is 16.5. The molecule has 0 bridgehead atoms. The Bertz CT molecular complexity index is 1740. The number of unbranched alkanes of at least 4 members (excludes halogenated alkanes) is 43. The van der Waals surface area contributed by atoms with E-state index in [9.17, 15) is 43.2 Å². The SMILES string of the molecule is CCCCCCCCCCCCCCCCCCC(=O)O[C@H](COC(=O)CCCCCCCCCCCCCCCCC)COP(=O)(O)OC[C@@H](O)COP(=O)(O)OC[C@@H](COC(=O)CCCCCCCCC)OC(=O)CCCCCCCCCCCC(C)C. The fourth-order valence-electron chi connectivity index (χ4n) is 10.8. The topological polar surface area (TPSA) is 237 Å². The lowest BCUT2D eigenvalue weighted by molar-refractivity contribution is -0.161. The number of rotatable bonds is 71. The van der Waals surface area contributed by atoms with Gasteiger partial charge in [0.2, 0.25) is 0 Å². The van der Waals surface area contributed by atoms with Crippen molar-refractivity contribution in [2.45, 2.75) is 387 Å². The van der Waals surface area contributed by atoms with E-state index in [0.717, 1.165) is 109 Å². The fourth-order valence-corrected chi connectivity index (χ4v) is 12.4. The Labute approximate surface area is 549 Å². The van der Waals surface area contributed by atoms with Crippen molar-refractivity contribution in [2.75, 3.05) is 39.6 Å². The average molecular weight is 1330 g/mol. The fraction of sp³-hybridized carbons (Fsp3) is 0.944. The van der Waals surface area contributed by atoms with Crippen LogP contribution in [0.2, 0.25) is 0 Å². The molecule has 17 nitrogen and oxygen atoms in total. The number of hydrogen-bond donors (Lipinski definition) is 3. The molecule has 0 aromatic heterocycles. The third-order valence-corrected chi connectivity index (χ3v) is 18.4. The van der Waals surface area contributed by atoms with E-state index in [1.807, 2.05) is 0 Å². The van der Waals surface area contributed by atoms with Crippen molar-refractivity contribution in [1.82, 2.24) is 0 Å². The maximum absolute atomic E-state index is 13.0. The predicted molar refractivity (Wildman–Crippen MR) is 363 cm³/mol. The number of phosphoric acid groups is 2. The molecular formula is C71H138O17P2. The summed E-state index contributed by atoms with van der Waals surface area (Å²) in [6, 6.07) is 0. The molecule has 0 aliphatic rings. The van der Waals surface area contributed by atoms with Gasteiger partial charge in [0.1, 0.15) is 19.3 Å². The number of hydrogen-bond acceptors (Lipinski definition) is 15. The van der Waals surface area contributed by atoms with Gasteiger partial charge in [0.25, 0.3) is 0 Å². The molecule has 0 rings (SSSR count). The summed E-state index contributed by atoms with van der Waals surface area (Å²) < 4.78 is 68.2. The summed E-state index contributed by atoms with van der Waals surface area (Å²) in [6.07, 6.45) is 51.4. The zero-order valence-electron chi connectivity index (χ0n) is 58.3. The molecule has 0 spiro atoms. The van der Waals surface area contributed by atoms with Crippen LogP contribution in [0.4, 0.5) is 0 Å². The Balaban J connectivity index is 5.20. The summed E-state index contributed by atoms with van der Waals surface area (Å²) in [4.78, 5) is 72.5. The Morgan fingerprint density at radius 2 is 0.511 bits per heavy atom. The van der Waals surface area contributed by atoms with Gasteiger partial charge in [0.15, 0.2) is 12.2 Å². The van der Waals surface area contributed by atoms with Crippen LogP contribution in [0.15, 0.2) is 0 Å². The van der Waals surface area contributed by atoms with Gasteiger partial charge in [0.05, 0.1) is 26.4 Å². The molecule has 0 aromatic rings. The lowest BCUT2D eigenvalue weighted by Crippen LogP contribution is -2.30. The van der Waals surface area contributed by atoms with Gasteiger partial charge in [0, 0.05) is 25.7 Å². The van der Waals surface area contributed by atoms with E-state index in [-0.39, 0.29) is 25.7 Å². The lowest BCUT2D eigenvalue weighted by atomic mass is 10.0. The van der Waals surface area contributed by atoms with Crippen molar-refractivity contribution in [1.29, 1.82) is 0 Å². The van der Waals surface area contributed by atoms with E-state index >= 15 is 0 Å². The molecule has 0 aliphatic carbocycles. The maximum atomic E-state index is 13.0. The minimum absolute atomic E-state index is 0.105. The molecule has 0 aromatic carbocycles. The van der Waals surface area contributed by atoms with Crippen molar-refractivity contribution in [3.63, 3.8) is 0 Å². The molecule has 0 heterocycles. The van der Waals surface area contributed by atoms with Crippen molar-refractivity contribution in [3.05, 3.63) is 0 Å². The summed E-state index contributed by atoms with van der Waals surface area (Å²) in [6.45, 7) is 7.20. The van der Waals surface area contributed by atoms with Crippen molar-refractivity contribution in [3.8, 4) is 0 Å². The Hall–Kier alpha value is -1.94. The average Bonchev–Trinajstić information content (AvgIpc) is 3.61. The van der Waals surface area contributed by atoms with E-state index in [0.29, 0.717) is 25.7 Å². The highest BCUT2D eigenvalue weighted by molar-refractivity contribution is 7.47. The van der Waals surface area contributed by atoms with Gasteiger partial charge >= 0.3 is 39.5 Å². The molecule has 3 N–H and O–H groups in total. The summed E-state index contributed by atoms with van der Waals surface area (Å²) >= 11 is 0. The highest BCUT2D eigenvalue weighted by Crippen LogP contribution is 2.45. The van der Waals surface area contributed by atoms with Crippen LogP contribution in [0.5, 0.6) is 0 Å². The van der Waals surface area contributed by atoms with E-state index in [1.165, 1.54) is 180 Å². The molecule has 5 atom stereocenters. The van der Waals surface area contributed by atoms with Crippen LogP contribution >= 0.6 is 15.6 Å². The highest BCUT2D eigenvalue weighted by atomic mass is 31.2. The standard InChI is InChI=1S/C71H138O17P2/c1-6-9-12-15-18-20-22-24-26-28-30-32-36-41-46-51-56-70(75)88-67(61-82-69(74)55-50-45-40-35-31-29-27-25-23-21-19-16-13-10-7-2)63-86-90(79,80)84-59-65(72)58-83-89(77,78)85-62-66(60-81-68(73)54-49-44-38-17-14-11-8-3)87-71(76)57-52-47-42-37-33-34-39-43-48-53-64(4)5/h64-67,72H,6-63H2,1-5H3,(H,77,78)(H,79,80)/t65-,66+,67+/m0/s1. The summed E-state index contributed by atoms with van der Waals surface area (Å²) in [5.74, 6) is -1.39. The van der Waals surface area contributed by atoms with Crippen molar-refractivity contribution < 1.29 is 80.2 Å². The number of carbonyl (C=O) groups excluding carboxylic acids is 4. The van der Waals surface area contributed by atoms with Crippen LogP contribution in [0.25, 0.3) is 0 Å². The number of ether oxygens (including phenoxy) is 4. The van der Waals surface area contributed by atoms with Gasteiger partial charge in [-0.25, -0.2) is 9.13 Å². The second kappa shape index (κ2) is 64.4. The van der Waals surface area contributed by atoms with Crippen LogP contribution in [0, 0.1) is 5.92 Å². The minimum atomic E-state index is -4.95. The van der Waals surface area contributed by atoms with Crippen LogP contribution in [-0.2, 0) is 65.4 Å². The smallest absolute Gasteiger partial charge is 0.462 e. The number of esters is 4. The second-order valence-corrected chi connectivity index (χ2v) is 29.0. The zero-order valence-corrected chi connectivity index (χ0v) is 60.1. The minimum Gasteiger partial charge on any atom is -0.462 e. The highest BCUT2D eigenvalue weighted by Gasteiger charge is 2.30. The molecule has 534 valence electrons. The molecule has 0 radical (unpaired) electrons. The quantitative estimate of drug-likeness (QED) is 0.0222. The van der Waals surface area contributed by atoms with Crippen LogP contribution in [-0.4, -0.2) is 96.7 Å². The van der Waals surface area contributed by atoms with E-state index < -0.39 is 97.5 Å². The predicted octanol–water partition coefficient (Wildman–Crippen LogP) is 20.5. The van der Waals surface area contributed by atoms with Crippen LogP contribution in [0.1, 0.15) is 369 Å². The van der Waals surface area contributed by atoms with Gasteiger partial charge in [-0.1, -0.05) is 317 Å². The largest absolute Gasteiger partial charge is 0.472 e. The van der Waals surface area contributed by atoms with Crippen LogP contribution in [0.3, 0.4) is 0 Å². The van der Waals surface area contributed by atoms with Crippen molar-refractivity contribution in [2.24, 2.45) is 5.92 Å². The van der Waals surface area contributed by atoms with E-state index in [4.69, 9.17) is 37.0 Å². The third kappa shape index (κ3) is 64.8. The Morgan fingerprint density at radius 3 is 0.756 bits per heavy atom. The lowest BCUT2D eigenvalue weighted by Gasteiger charge is -2.21. The first-order valence-corrected chi connectivity index (χ1v) is 40.1. The van der Waals surface area contributed by atoms with Crippen molar-refractivity contribution >= 4 is 39.5 Å². The molecule has 0 saturated carbocycles. The molecule has 19 heteroatoms. The first-order chi connectivity index (χ1) is 43.5. The summed E-state index contributed by atoms with van der Waals surface area (Å²) in [5, 5.41) is 10.6. The van der Waals surface area contributed by atoms with E-state index in [1.54, 1.807) is 0 Å². The number of aliphatic hydroxyl groups is 1. The molecular weight excluding hydrogens is 1190 g/mol. The Morgan fingerprint density at radius 1 is 0.300 bits per heavy atom. The molecule has 0 fully saturated rings. The number of carbonyl (C=O) groups is 4. The van der Waals surface area contributed by atoms with Gasteiger partial charge in [-0.05, 0) is 31.6 Å². The van der Waals surface area contributed by atoms with Crippen LogP contribution < -0.4 is 0 Å². The Kier molecular flexibility index (Phi) is 63.0. The second-order valence-electron chi connectivity index (χ2n) is 26.1. The monoisotopic (exact) mass is 1320 g/mol. The molecule has 90 heavy (non-hydrogen) atoms. The van der Waals surface area contributed by atoms with Gasteiger partial charge in [-0.2, -0.15) is 0 Å². The normalized spacial score (nSPS) is 14.1. The van der Waals surface area contributed by atoms with Gasteiger partial charge < -0.3 is 33.8 Å². The summed E-state index contributed by atoms with van der Waals surface area (Å²) in [7, 11) is -9.90. The maximum Gasteiger partial charge on any atom is 0.472 e. The first-order valence-electron chi connectivity index (χ1n) is 37.1.